The molecule has 5 nitrogen and oxygen atoms in total. The summed E-state index contributed by atoms with van der Waals surface area (Å²) < 4.78 is 23.1. The fourth-order valence-electron chi connectivity index (χ4n) is 7.70. The summed E-state index contributed by atoms with van der Waals surface area (Å²) in [5.41, 5.74) is 0. The van der Waals surface area contributed by atoms with E-state index in [1.165, 1.54) is 64.2 Å². The molecule has 0 aromatic carbocycles. The molecule has 4 saturated carbocycles. The number of hydrogen-bond donors (Lipinski definition) is 0. The molecule has 1 saturated heterocycles. The maximum atomic E-state index is 11.2. The van der Waals surface area contributed by atoms with Crippen molar-refractivity contribution in [3.8, 4) is 0 Å². The molecule has 0 bridgehead atoms. The minimum atomic E-state index is -0.182. The number of ether oxygens (including phenoxy) is 4. The monoisotopic (exact) mass is 492 g/mol. The largest absolute Gasteiger partial charge is 0.379 e. The first-order valence-corrected chi connectivity index (χ1v) is 15.1. The van der Waals surface area contributed by atoms with E-state index in [2.05, 4.69) is 13.8 Å². The van der Waals surface area contributed by atoms with Crippen molar-refractivity contribution in [1.29, 1.82) is 0 Å². The van der Waals surface area contributed by atoms with Gasteiger partial charge in [-0.2, -0.15) is 0 Å². The van der Waals surface area contributed by atoms with Crippen LogP contribution in [0.3, 0.4) is 0 Å². The number of ketones is 1. The molecule has 0 N–H and O–H groups in total. The number of rotatable bonds is 6. The summed E-state index contributed by atoms with van der Waals surface area (Å²) >= 11 is 0. The van der Waals surface area contributed by atoms with Crippen molar-refractivity contribution in [3.63, 3.8) is 0 Å². The van der Waals surface area contributed by atoms with Crippen LogP contribution in [0.5, 0.6) is 0 Å². The highest BCUT2D eigenvalue weighted by atomic mass is 16.7. The lowest BCUT2D eigenvalue weighted by Gasteiger charge is -2.40. The van der Waals surface area contributed by atoms with Gasteiger partial charge in [0.05, 0.1) is 25.4 Å². The van der Waals surface area contributed by atoms with Crippen LogP contribution in [0.2, 0.25) is 0 Å². The third-order valence-corrected chi connectivity index (χ3v) is 9.77. The second-order valence-electron chi connectivity index (χ2n) is 11.8. The van der Waals surface area contributed by atoms with Crippen LogP contribution < -0.4 is 0 Å². The van der Waals surface area contributed by atoms with E-state index in [-0.39, 0.29) is 5.79 Å². The zero-order chi connectivity index (χ0) is 24.5. The van der Waals surface area contributed by atoms with E-state index >= 15 is 0 Å². The first kappa shape index (κ1) is 27.5. The molecule has 5 fully saturated rings. The fourth-order valence-corrected chi connectivity index (χ4v) is 7.70. The SMILES string of the molecule is CCOC1CCC(C2CCC(=O)CC2)CC1.CCOC1CCC(C2CCC3(CC2)OCCO3)CC1. The quantitative estimate of drug-likeness (QED) is 0.405. The molecular formula is C30H52O5. The Morgan fingerprint density at radius 2 is 1.03 bits per heavy atom. The van der Waals surface area contributed by atoms with Crippen LogP contribution in [0.1, 0.15) is 117 Å². The molecule has 0 aromatic rings. The third-order valence-electron chi connectivity index (χ3n) is 9.77. The zero-order valence-corrected chi connectivity index (χ0v) is 22.6. The Morgan fingerprint density at radius 3 is 1.46 bits per heavy atom. The molecule has 202 valence electrons. The second kappa shape index (κ2) is 13.9. The standard InChI is InChI=1S/C16H28O3.C14H24O2/c1-2-17-15-5-3-13(4-6-15)14-7-9-16(10-8-14)18-11-12-19-16;1-2-16-14-9-5-12(6-10-14)11-3-7-13(15)8-4-11/h13-15H,2-12H2,1H3;11-12,14H,2-10H2,1H3. The van der Waals surface area contributed by atoms with Crippen LogP contribution in [-0.2, 0) is 23.7 Å². The predicted molar refractivity (Wildman–Crippen MR) is 138 cm³/mol. The number of Topliss-reactive ketones (excluding diaryl/α,β-unsaturated/α-hetero) is 1. The highest BCUT2D eigenvalue weighted by molar-refractivity contribution is 5.79. The Labute approximate surface area is 214 Å². The topological polar surface area (TPSA) is 54.0 Å². The van der Waals surface area contributed by atoms with E-state index in [1.807, 2.05) is 0 Å². The molecule has 5 rings (SSSR count). The Bertz CT molecular complexity index is 594. The van der Waals surface area contributed by atoms with Crippen molar-refractivity contribution < 1.29 is 23.7 Å². The average Bonchev–Trinajstić information content (AvgIpc) is 3.35. The van der Waals surface area contributed by atoms with E-state index in [4.69, 9.17) is 18.9 Å². The van der Waals surface area contributed by atoms with E-state index < -0.39 is 0 Å². The van der Waals surface area contributed by atoms with Gasteiger partial charge in [0.1, 0.15) is 5.78 Å². The third kappa shape index (κ3) is 7.99. The smallest absolute Gasteiger partial charge is 0.168 e. The number of carbonyl (C=O) groups excluding carboxylic acids is 1. The Balaban J connectivity index is 0.000000168. The number of carbonyl (C=O) groups is 1. The molecule has 0 amide bonds. The van der Waals surface area contributed by atoms with Gasteiger partial charge in [-0.05, 0) is 115 Å². The van der Waals surface area contributed by atoms with E-state index in [1.54, 1.807) is 0 Å². The lowest BCUT2D eigenvalue weighted by Crippen LogP contribution is -2.38. The van der Waals surface area contributed by atoms with Gasteiger partial charge < -0.3 is 18.9 Å². The predicted octanol–water partition coefficient (Wildman–Crippen LogP) is 6.86. The zero-order valence-electron chi connectivity index (χ0n) is 22.6. The second-order valence-corrected chi connectivity index (χ2v) is 11.8. The van der Waals surface area contributed by atoms with Crippen LogP contribution >= 0.6 is 0 Å². The normalized spacial score (nSPS) is 34.5. The minimum absolute atomic E-state index is 0.182. The number of hydrogen-bond acceptors (Lipinski definition) is 5. The minimum Gasteiger partial charge on any atom is -0.379 e. The highest BCUT2D eigenvalue weighted by Gasteiger charge is 2.42. The Kier molecular flexibility index (Phi) is 10.9. The Morgan fingerprint density at radius 1 is 0.629 bits per heavy atom. The van der Waals surface area contributed by atoms with Crippen molar-refractivity contribution in [1.82, 2.24) is 0 Å². The van der Waals surface area contributed by atoms with Gasteiger partial charge in [-0.3, -0.25) is 4.79 Å². The maximum Gasteiger partial charge on any atom is 0.168 e. The van der Waals surface area contributed by atoms with Gasteiger partial charge in [0.15, 0.2) is 5.79 Å². The first-order valence-electron chi connectivity index (χ1n) is 15.1. The van der Waals surface area contributed by atoms with E-state index in [0.717, 1.165) is 88.6 Å². The average molecular weight is 493 g/mol. The molecule has 4 aliphatic carbocycles. The summed E-state index contributed by atoms with van der Waals surface area (Å²) in [6.45, 7) is 7.50. The molecule has 1 spiro atoms. The van der Waals surface area contributed by atoms with Gasteiger partial charge in [-0.25, -0.2) is 0 Å². The first-order chi connectivity index (χ1) is 17.1. The van der Waals surface area contributed by atoms with Crippen LogP contribution in [-0.4, -0.2) is 50.2 Å². The lowest BCUT2D eigenvalue weighted by molar-refractivity contribution is -0.185. The van der Waals surface area contributed by atoms with Crippen molar-refractivity contribution in [3.05, 3.63) is 0 Å². The molecule has 35 heavy (non-hydrogen) atoms. The molecule has 0 atom stereocenters. The summed E-state index contributed by atoms with van der Waals surface area (Å²) in [4.78, 5) is 11.2. The summed E-state index contributed by atoms with van der Waals surface area (Å²) in [5, 5.41) is 0. The summed E-state index contributed by atoms with van der Waals surface area (Å²) in [5.74, 6) is 3.85. The van der Waals surface area contributed by atoms with Crippen LogP contribution in [0, 0.1) is 23.7 Å². The van der Waals surface area contributed by atoms with Crippen molar-refractivity contribution in [2.24, 2.45) is 23.7 Å². The van der Waals surface area contributed by atoms with Gasteiger partial charge in [0, 0.05) is 38.9 Å². The highest BCUT2D eigenvalue weighted by Crippen LogP contribution is 2.44. The van der Waals surface area contributed by atoms with Gasteiger partial charge in [-0.1, -0.05) is 0 Å². The fraction of sp³-hybridized carbons (Fsp3) is 0.967. The summed E-state index contributed by atoms with van der Waals surface area (Å²) in [6, 6.07) is 0. The Hall–Kier alpha value is -0.490. The van der Waals surface area contributed by atoms with Gasteiger partial charge in [0.25, 0.3) is 0 Å². The summed E-state index contributed by atoms with van der Waals surface area (Å²) in [7, 11) is 0. The van der Waals surface area contributed by atoms with Crippen LogP contribution in [0.15, 0.2) is 0 Å². The molecule has 5 heteroatoms. The van der Waals surface area contributed by atoms with Gasteiger partial charge in [-0.15, -0.1) is 0 Å². The maximum absolute atomic E-state index is 11.2. The van der Waals surface area contributed by atoms with E-state index in [9.17, 15) is 4.79 Å². The molecule has 1 heterocycles. The molecular weight excluding hydrogens is 440 g/mol. The molecule has 0 aromatic heterocycles. The molecule has 0 radical (unpaired) electrons. The van der Waals surface area contributed by atoms with E-state index in [0.29, 0.717) is 18.0 Å². The van der Waals surface area contributed by atoms with Crippen molar-refractivity contribution >= 4 is 5.78 Å². The van der Waals surface area contributed by atoms with Gasteiger partial charge in [0.2, 0.25) is 0 Å². The van der Waals surface area contributed by atoms with Crippen molar-refractivity contribution in [2.75, 3.05) is 26.4 Å². The van der Waals surface area contributed by atoms with Crippen molar-refractivity contribution in [2.45, 2.75) is 135 Å². The van der Waals surface area contributed by atoms with Crippen LogP contribution in [0.25, 0.3) is 0 Å². The molecule has 5 aliphatic rings. The molecule has 0 unspecified atom stereocenters. The lowest BCUT2D eigenvalue weighted by atomic mass is 9.71. The van der Waals surface area contributed by atoms with Crippen LogP contribution in [0.4, 0.5) is 0 Å². The summed E-state index contributed by atoms with van der Waals surface area (Å²) in [6.07, 6.45) is 20.3. The molecule has 1 aliphatic heterocycles. The van der Waals surface area contributed by atoms with Gasteiger partial charge >= 0.3 is 0 Å².